The van der Waals surface area contributed by atoms with Crippen molar-refractivity contribution in [1.29, 1.82) is 0 Å². The Morgan fingerprint density at radius 3 is 2.68 bits per heavy atom. The summed E-state index contributed by atoms with van der Waals surface area (Å²) in [5.74, 6) is 1.43. The number of carbonyl (C=O) groups excluding carboxylic acids is 2. The minimum atomic E-state index is -0.0538. The van der Waals surface area contributed by atoms with Crippen molar-refractivity contribution in [2.45, 2.75) is 37.8 Å². The van der Waals surface area contributed by atoms with Crippen LogP contribution in [0.2, 0.25) is 0 Å². The summed E-state index contributed by atoms with van der Waals surface area (Å²) >= 11 is 0. The Hall–Kier alpha value is -2.82. The maximum Gasteiger partial charge on any atom is 0.251 e. The van der Waals surface area contributed by atoms with Gasteiger partial charge in [-0.3, -0.25) is 9.59 Å². The summed E-state index contributed by atoms with van der Waals surface area (Å²) in [5.41, 5.74) is 1.77. The lowest BCUT2D eigenvalue weighted by Gasteiger charge is -2.34. The van der Waals surface area contributed by atoms with Gasteiger partial charge in [-0.2, -0.15) is 0 Å². The second kappa shape index (κ2) is 8.05. The Morgan fingerprint density at radius 2 is 1.93 bits per heavy atom. The average molecular weight is 378 g/mol. The number of methoxy groups -OCH3 is 1. The molecule has 2 aromatic carbocycles. The standard InChI is InChI=1S/C23H26N2O3/c1-28-19-9-5-6-16(12-19)10-11-22(26)25-15-17-13-20(21(25)14-17)24-23(27)18-7-3-2-4-8-18/h2-9,12,17,20-21H,10-11,13-15H2,1H3,(H,24,27). The van der Waals surface area contributed by atoms with Crippen molar-refractivity contribution in [1.82, 2.24) is 10.2 Å². The first-order chi connectivity index (χ1) is 13.6. The summed E-state index contributed by atoms with van der Waals surface area (Å²) < 4.78 is 5.25. The van der Waals surface area contributed by atoms with E-state index in [1.54, 1.807) is 7.11 Å². The molecule has 1 saturated heterocycles. The zero-order valence-electron chi connectivity index (χ0n) is 16.1. The maximum absolute atomic E-state index is 12.8. The molecule has 3 unspecified atom stereocenters. The fraction of sp³-hybridized carbons (Fsp3) is 0.391. The first-order valence-corrected chi connectivity index (χ1v) is 9.92. The van der Waals surface area contributed by atoms with Crippen molar-refractivity contribution in [2.75, 3.05) is 13.7 Å². The average Bonchev–Trinajstić information content (AvgIpc) is 3.33. The topological polar surface area (TPSA) is 58.6 Å². The lowest BCUT2D eigenvalue weighted by molar-refractivity contribution is -0.133. The van der Waals surface area contributed by atoms with Crippen LogP contribution in [-0.4, -0.2) is 42.5 Å². The van der Waals surface area contributed by atoms with E-state index in [1.807, 2.05) is 59.5 Å². The molecule has 2 aromatic rings. The number of ether oxygens (including phenoxy) is 1. The Kier molecular flexibility index (Phi) is 5.33. The van der Waals surface area contributed by atoms with Gasteiger partial charge in [0.1, 0.15) is 5.75 Å². The molecule has 4 rings (SSSR count). The minimum absolute atomic E-state index is 0.0484. The molecule has 1 N–H and O–H groups in total. The van der Waals surface area contributed by atoms with Gasteiger partial charge >= 0.3 is 0 Å². The van der Waals surface area contributed by atoms with Crippen molar-refractivity contribution in [3.63, 3.8) is 0 Å². The summed E-state index contributed by atoms with van der Waals surface area (Å²) in [6.45, 7) is 0.819. The number of fused-ring (bicyclic) bond motifs is 2. The van der Waals surface area contributed by atoms with E-state index in [2.05, 4.69) is 5.32 Å². The number of likely N-dealkylation sites (tertiary alicyclic amines) is 1. The smallest absolute Gasteiger partial charge is 0.251 e. The third kappa shape index (κ3) is 3.88. The summed E-state index contributed by atoms with van der Waals surface area (Å²) in [7, 11) is 1.65. The molecule has 2 bridgehead atoms. The third-order valence-electron chi connectivity index (χ3n) is 5.92. The van der Waals surface area contributed by atoms with Crippen LogP contribution >= 0.6 is 0 Å². The molecule has 28 heavy (non-hydrogen) atoms. The summed E-state index contributed by atoms with van der Waals surface area (Å²) in [6, 6.07) is 17.3. The molecular weight excluding hydrogens is 352 g/mol. The number of hydrogen-bond donors (Lipinski definition) is 1. The van der Waals surface area contributed by atoms with E-state index in [0.717, 1.165) is 30.7 Å². The summed E-state index contributed by atoms with van der Waals surface area (Å²) in [4.78, 5) is 27.3. The second-order valence-corrected chi connectivity index (χ2v) is 7.75. The number of hydrogen-bond acceptors (Lipinski definition) is 3. The molecule has 1 saturated carbocycles. The maximum atomic E-state index is 12.8. The molecule has 0 radical (unpaired) electrons. The van der Waals surface area contributed by atoms with E-state index in [1.165, 1.54) is 0 Å². The Morgan fingerprint density at radius 1 is 1.11 bits per heavy atom. The fourth-order valence-corrected chi connectivity index (χ4v) is 4.53. The second-order valence-electron chi connectivity index (χ2n) is 7.75. The van der Waals surface area contributed by atoms with Gasteiger partial charge in [0.05, 0.1) is 13.2 Å². The van der Waals surface area contributed by atoms with Gasteiger partial charge in [0.2, 0.25) is 5.91 Å². The number of rotatable bonds is 6. The molecule has 146 valence electrons. The van der Waals surface area contributed by atoms with Crippen molar-refractivity contribution in [2.24, 2.45) is 5.92 Å². The quantitative estimate of drug-likeness (QED) is 0.841. The molecule has 1 aliphatic carbocycles. The minimum Gasteiger partial charge on any atom is -0.497 e. The molecule has 1 heterocycles. The highest BCUT2D eigenvalue weighted by atomic mass is 16.5. The SMILES string of the molecule is COc1cccc(CCC(=O)N2CC3CC(NC(=O)c4ccccc4)C2C3)c1. The van der Waals surface area contributed by atoms with Crippen LogP contribution < -0.4 is 10.1 Å². The van der Waals surface area contributed by atoms with Gasteiger partial charge in [-0.15, -0.1) is 0 Å². The predicted octanol–water partition coefficient (Wildman–Crippen LogP) is 3.05. The largest absolute Gasteiger partial charge is 0.497 e. The summed E-state index contributed by atoms with van der Waals surface area (Å²) in [6.07, 6.45) is 3.13. The zero-order valence-corrected chi connectivity index (χ0v) is 16.1. The highest BCUT2D eigenvalue weighted by Gasteiger charge is 2.47. The highest BCUT2D eigenvalue weighted by molar-refractivity contribution is 5.94. The van der Waals surface area contributed by atoms with Gasteiger partial charge < -0.3 is 15.0 Å². The van der Waals surface area contributed by atoms with Crippen LogP contribution in [0.15, 0.2) is 54.6 Å². The molecule has 2 fully saturated rings. The number of piperidine rings is 1. The Bertz CT molecular complexity index is 852. The molecule has 1 aliphatic heterocycles. The van der Waals surface area contributed by atoms with Gasteiger partial charge in [-0.1, -0.05) is 30.3 Å². The first kappa shape index (κ1) is 18.5. The van der Waals surface area contributed by atoms with Gasteiger partial charge in [0, 0.05) is 24.6 Å². The molecule has 5 nitrogen and oxygen atoms in total. The van der Waals surface area contributed by atoms with Crippen molar-refractivity contribution >= 4 is 11.8 Å². The van der Waals surface area contributed by atoms with E-state index < -0.39 is 0 Å². The van der Waals surface area contributed by atoms with E-state index in [-0.39, 0.29) is 23.9 Å². The van der Waals surface area contributed by atoms with E-state index >= 15 is 0 Å². The molecular formula is C23H26N2O3. The number of nitrogens with zero attached hydrogens (tertiary/aromatic N) is 1. The van der Waals surface area contributed by atoms with Crippen LogP contribution in [0.1, 0.15) is 35.2 Å². The number of amides is 2. The highest BCUT2D eigenvalue weighted by Crippen LogP contribution is 2.38. The summed E-state index contributed by atoms with van der Waals surface area (Å²) in [5, 5.41) is 3.15. The third-order valence-corrected chi connectivity index (χ3v) is 5.92. The molecule has 2 amide bonds. The Labute approximate surface area is 165 Å². The van der Waals surface area contributed by atoms with E-state index in [9.17, 15) is 9.59 Å². The normalized spacial score (nSPS) is 22.9. The van der Waals surface area contributed by atoms with Crippen molar-refractivity contribution in [3.8, 4) is 5.75 Å². The van der Waals surface area contributed by atoms with Crippen LogP contribution in [0.5, 0.6) is 5.75 Å². The molecule has 2 aliphatic rings. The zero-order chi connectivity index (χ0) is 19.5. The van der Waals surface area contributed by atoms with Crippen LogP contribution in [0.25, 0.3) is 0 Å². The van der Waals surface area contributed by atoms with Crippen molar-refractivity contribution < 1.29 is 14.3 Å². The van der Waals surface area contributed by atoms with Crippen LogP contribution in [0.4, 0.5) is 0 Å². The van der Waals surface area contributed by atoms with E-state index in [0.29, 0.717) is 24.3 Å². The van der Waals surface area contributed by atoms with Crippen LogP contribution in [0, 0.1) is 5.92 Å². The fourth-order valence-electron chi connectivity index (χ4n) is 4.53. The number of nitrogens with one attached hydrogen (secondary N) is 1. The first-order valence-electron chi connectivity index (χ1n) is 9.92. The molecule has 0 aromatic heterocycles. The Balaban J connectivity index is 1.35. The lowest BCUT2D eigenvalue weighted by atomic mass is 10.0. The lowest BCUT2D eigenvalue weighted by Crippen LogP contribution is -2.52. The van der Waals surface area contributed by atoms with E-state index in [4.69, 9.17) is 4.74 Å². The number of benzene rings is 2. The van der Waals surface area contributed by atoms with Gasteiger partial charge in [0.15, 0.2) is 0 Å². The molecule has 0 spiro atoms. The molecule has 3 atom stereocenters. The number of aryl methyl sites for hydroxylation is 1. The van der Waals surface area contributed by atoms with Crippen LogP contribution in [0.3, 0.4) is 0 Å². The number of carbonyl (C=O) groups is 2. The van der Waals surface area contributed by atoms with Gasteiger partial charge in [-0.05, 0) is 55.0 Å². The molecule has 5 heteroatoms. The van der Waals surface area contributed by atoms with Gasteiger partial charge in [0.25, 0.3) is 5.91 Å². The van der Waals surface area contributed by atoms with Crippen molar-refractivity contribution in [3.05, 3.63) is 65.7 Å². The van der Waals surface area contributed by atoms with Gasteiger partial charge in [-0.25, -0.2) is 0 Å². The van der Waals surface area contributed by atoms with Crippen LogP contribution in [-0.2, 0) is 11.2 Å². The monoisotopic (exact) mass is 378 g/mol. The predicted molar refractivity (Wildman–Crippen MR) is 107 cm³/mol.